The first-order chi connectivity index (χ1) is 10.2. The van der Waals surface area contributed by atoms with Gasteiger partial charge in [-0.1, -0.05) is 13.8 Å². The van der Waals surface area contributed by atoms with Crippen LogP contribution < -0.4 is 10.6 Å². The highest BCUT2D eigenvalue weighted by molar-refractivity contribution is 5.97. The van der Waals surface area contributed by atoms with E-state index in [4.69, 9.17) is 5.11 Å². The highest BCUT2D eigenvalue weighted by Crippen LogP contribution is 2.16. The number of amides is 2. The molecule has 0 heterocycles. The molecule has 120 valence electrons. The number of anilines is 1. The topological polar surface area (TPSA) is 95.5 Å². The smallest absolute Gasteiger partial charge is 0.326 e. The molecule has 0 bridgehead atoms. The zero-order valence-corrected chi connectivity index (χ0v) is 12.6. The number of carbonyl (C=O) groups excluding carboxylic acids is 2. The third kappa shape index (κ3) is 5.16. The van der Waals surface area contributed by atoms with Crippen molar-refractivity contribution in [2.24, 2.45) is 5.92 Å². The van der Waals surface area contributed by atoms with E-state index in [1.807, 2.05) is 13.8 Å². The average molecular weight is 310 g/mol. The molecule has 0 saturated carbocycles. The number of hydrogen-bond acceptors (Lipinski definition) is 3. The lowest BCUT2D eigenvalue weighted by molar-refractivity contribution is -0.139. The summed E-state index contributed by atoms with van der Waals surface area (Å²) in [6, 6.07) is 2.49. The number of halogens is 1. The molecule has 1 aromatic rings. The monoisotopic (exact) mass is 310 g/mol. The van der Waals surface area contributed by atoms with Crippen molar-refractivity contribution < 1.29 is 23.9 Å². The molecule has 0 aliphatic heterocycles. The van der Waals surface area contributed by atoms with Gasteiger partial charge in [-0.25, -0.2) is 9.18 Å². The summed E-state index contributed by atoms with van der Waals surface area (Å²) in [5.74, 6) is -2.93. The molecule has 1 aromatic carbocycles. The van der Waals surface area contributed by atoms with Gasteiger partial charge in [0.15, 0.2) is 0 Å². The summed E-state index contributed by atoms with van der Waals surface area (Å²) in [7, 11) is 0. The molecule has 0 spiro atoms. The summed E-state index contributed by atoms with van der Waals surface area (Å²) in [6.45, 7) is 4.91. The van der Waals surface area contributed by atoms with Gasteiger partial charge < -0.3 is 15.7 Å². The Hall–Kier alpha value is -2.44. The fourth-order valence-electron chi connectivity index (χ4n) is 1.88. The summed E-state index contributed by atoms with van der Waals surface area (Å²) in [4.78, 5) is 34.0. The van der Waals surface area contributed by atoms with Crippen LogP contribution >= 0.6 is 0 Å². The van der Waals surface area contributed by atoms with Crippen LogP contribution in [0.5, 0.6) is 0 Å². The highest BCUT2D eigenvalue weighted by Gasteiger charge is 2.22. The summed E-state index contributed by atoms with van der Waals surface area (Å²) >= 11 is 0. The van der Waals surface area contributed by atoms with Gasteiger partial charge in [0.05, 0.1) is 5.69 Å². The molecule has 2 amide bonds. The molecule has 22 heavy (non-hydrogen) atoms. The van der Waals surface area contributed by atoms with Gasteiger partial charge in [0.1, 0.15) is 11.9 Å². The lowest BCUT2D eigenvalue weighted by atomic mass is 10.0. The van der Waals surface area contributed by atoms with E-state index in [2.05, 4.69) is 10.6 Å². The molecule has 0 radical (unpaired) electrons. The lowest BCUT2D eigenvalue weighted by Crippen LogP contribution is -2.41. The van der Waals surface area contributed by atoms with Gasteiger partial charge >= 0.3 is 5.97 Å². The first-order valence-electron chi connectivity index (χ1n) is 6.81. The molecular formula is C15H19FN2O4. The summed E-state index contributed by atoms with van der Waals surface area (Å²) < 4.78 is 13.8. The zero-order valence-electron chi connectivity index (χ0n) is 12.6. The zero-order chi connectivity index (χ0) is 16.9. The second-order valence-corrected chi connectivity index (χ2v) is 5.37. The number of carboxylic acids is 1. The van der Waals surface area contributed by atoms with E-state index < -0.39 is 29.6 Å². The second kappa shape index (κ2) is 7.53. The van der Waals surface area contributed by atoms with Crippen molar-refractivity contribution in [2.45, 2.75) is 33.2 Å². The number of carbonyl (C=O) groups is 3. The fourth-order valence-corrected chi connectivity index (χ4v) is 1.88. The van der Waals surface area contributed by atoms with Crippen molar-refractivity contribution in [3.05, 3.63) is 29.6 Å². The van der Waals surface area contributed by atoms with Crippen molar-refractivity contribution in [2.75, 3.05) is 5.32 Å². The van der Waals surface area contributed by atoms with Crippen LogP contribution in [0, 0.1) is 11.7 Å². The molecule has 0 saturated heterocycles. The number of carboxylic acid groups (broad SMARTS) is 1. The Balaban J connectivity index is 2.86. The third-order valence-corrected chi connectivity index (χ3v) is 2.85. The molecule has 3 N–H and O–H groups in total. The van der Waals surface area contributed by atoms with Gasteiger partial charge in [-0.15, -0.1) is 0 Å². The molecule has 1 unspecified atom stereocenters. The van der Waals surface area contributed by atoms with Gasteiger partial charge in [0.2, 0.25) is 5.91 Å². The van der Waals surface area contributed by atoms with Crippen molar-refractivity contribution in [3.63, 3.8) is 0 Å². The van der Waals surface area contributed by atoms with E-state index >= 15 is 0 Å². The van der Waals surface area contributed by atoms with Gasteiger partial charge in [-0.05, 0) is 30.5 Å². The molecule has 0 aliphatic rings. The first-order valence-corrected chi connectivity index (χ1v) is 6.81. The third-order valence-electron chi connectivity index (χ3n) is 2.85. The Morgan fingerprint density at radius 2 is 1.91 bits per heavy atom. The lowest BCUT2D eigenvalue weighted by Gasteiger charge is -2.16. The van der Waals surface area contributed by atoms with E-state index in [1.54, 1.807) is 0 Å². The van der Waals surface area contributed by atoms with Crippen molar-refractivity contribution >= 4 is 23.5 Å². The van der Waals surface area contributed by atoms with Crippen LogP contribution in [0.1, 0.15) is 37.6 Å². The standard InChI is InChI=1S/C15H19FN2O4/c1-8(2)6-13(15(21)22)18-14(20)10-4-5-12(11(16)7-10)17-9(3)19/h4-5,7-8,13H,6H2,1-3H3,(H,17,19)(H,18,20)(H,21,22). The van der Waals surface area contributed by atoms with E-state index in [0.29, 0.717) is 0 Å². The van der Waals surface area contributed by atoms with Crippen LogP contribution in [0.4, 0.5) is 10.1 Å². The summed E-state index contributed by atoms with van der Waals surface area (Å²) in [5.41, 5.74) is -0.0531. The number of benzene rings is 1. The fraction of sp³-hybridized carbons (Fsp3) is 0.400. The molecule has 0 aromatic heterocycles. The number of hydrogen-bond donors (Lipinski definition) is 3. The minimum Gasteiger partial charge on any atom is -0.480 e. The van der Waals surface area contributed by atoms with E-state index in [-0.39, 0.29) is 23.6 Å². The maximum atomic E-state index is 13.8. The Labute approximate surface area is 127 Å². The van der Waals surface area contributed by atoms with Crippen LogP contribution in [0.25, 0.3) is 0 Å². The molecule has 1 atom stereocenters. The molecule has 6 nitrogen and oxygen atoms in total. The molecule has 0 aliphatic carbocycles. The maximum Gasteiger partial charge on any atom is 0.326 e. The minimum absolute atomic E-state index is 0.0124. The van der Waals surface area contributed by atoms with Gasteiger partial charge in [-0.3, -0.25) is 9.59 Å². The highest BCUT2D eigenvalue weighted by atomic mass is 19.1. The van der Waals surface area contributed by atoms with Crippen LogP contribution in [-0.2, 0) is 9.59 Å². The summed E-state index contributed by atoms with van der Waals surface area (Å²) in [6.07, 6.45) is 0.271. The maximum absolute atomic E-state index is 13.8. The summed E-state index contributed by atoms with van der Waals surface area (Å²) in [5, 5.41) is 13.7. The number of aliphatic carboxylic acids is 1. The van der Waals surface area contributed by atoms with E-state index in [0.717, 1.165) is 6.07 Å². The SMILES string of the molecule is CC(=O)Nc1ccc(C(=O)NC(CC(C)C)C(=O)O)cc1F. The van der Waals surface area contributed by atoms with Crippen molar-refractivity contribution in [1.29, 1.82) is 0 Å². The van der Waals surface area contributed by atoms with E-state index in [1.165, 1.54) is 19.1 Å². The van der Waals surface area contributed by atoms with Crippen LogP contribution in [0.2, 0.25) is 0 Å². The average Bonchev–Trinajstić information content (AvgIpc) is 2.39. The predicted octanol–water partition coefficient (Wildman–Crippen LogP) is 2.01. The number of nitrogens with one attached hydrogen (secondary N) is 2. The van der Waals surface area contributed by atoms with Crippen molar-refractivity contribution in [1.82, 2.24) is 5.32 Å². The normalized spacial score (nSPS) is 11.9. The Kier molecular flexibility index (Phi) is 6.03. The van der Waals surface area contributed by atoms with Crippen LogP contribution in [-0.4, -0.2) is 28.9 Å². The van der Waals surface area contributed by atoms with Crippen molar-refractivity contribution in [3.8, 4) is 0 Å². The predicted molar refractivity (Wildman–Crippen MR) is 79.0 cm³/mol. The van der Waals surface area contributed by atoms with E-state index in [9.17, 15) is 18.8 Å². The van der Waals surface area contributed by atoms with Crippen LogP contribution in [0.3, 0.4) is 0 Å². The first kappa shape index (κ1) is 17.6. The Morgan fingerprint density at radius 3 is 2.36 bits per heavy atom. The number of rotatable bonds is 6. The van der Waals surface area contributed by atoms with Gasteiger partial charge in [0, 0.05) is 12.5 Å². The Morgan fingerprint density at radius 1 is 1.27 bits per heavy atom. The molecule has 1 rings (SSSR count). The minimum atomic E-state index is -1.14. The largest absolute Gasteiger partial charge is 0.480 e. The van der Waals surface area contributed by atoms with Crippen LogP contribution in [0.15, 0.2) is 18.2 Å². The van der Waals surface area contributed by atoms with Gasteiger partial charge in [-0.2, -0.15) is 0 Å². The van der Waals surface area contributed by atoms with Gasteiger partial charge in [0.25, 0.3) is 5.91 Å². The Bertz CT molecular complexity index is 587. The molecule has 7 heteroatoms. The quantitative estimate of drug-likeness (QED) is 0.749. The second-order valence-electron chi connectivity index (χ2n) is 5.37. The molecular weight excluding hydrogens is 291 g/mol. The molecule has 0 fully saturated rings.